The molecule has 4 aromatic rings. The first-order chi connectivity index (χ1) is 15.8. The Morgan fingerprint density at radius 1 is 1.00 bits per heavy atom. The van der Waals surface area contributed by atoms with Crippen molar-refractivity contribution >= 4 is 39.3 Å². The summed E-state index contributed by atoms with van der Waals surface area (Å²) in [6.45, 7) is 8.79. The number of rotatable bonds is 8. The maximum atomic E-state index is 5.40. The fourth-order valence-electron chi connectivity index (χ4n) is 4.46. The highest BCUT2D eigenvalue weighted by Gasteiger charge is 2.11. The number of ether oxygens (including phenoxy) is 1. The fourth-order valence-corrected chi connectivity index (χ4v) is 4.46. The van der Waals surface area contributed by atoms with E-state index in [-0.39, 0.29) is 0 Å². The first kappa shape index (κ1) is 20.7. The average molecular weight is 431 g/mol. The topological polar surface area (TPSA) is 67.2 Å². The van der Waals surface area contributed by atoms with Crippen LogP contribution in [0.3, 0.4) is 0 Å². The van der Waals surface area contributed by atoms with E-state index < -0.39 is 0 Å². The number of hydrogen-bond acceptors (Lipinski definition) is 6. The molecular weight excluding hydrogens is 400 g/mol. The third-order valence-corrected chi connectivity index (χ3v) is 6.05. The molecule has 1 aliphatic rings. The molecule has 0 spiro atoms. The number of fused-ring (bicyclic) bond motifs is 3. The van der Waals surface area contributed by atoms with Gasteiger partial charge in [0, 0.05) is 59.9 Å². The van der Waals surface area contributed by atoms with Crippen LogP contribution >= 0.6 is 0 Å². The maximum absolute atomic E-state index is 5.40. The number of hydrogen-bond donors (Lipinski definition) is 2. The summed E-state index contributed by atoms with van der Waals surface area (Å²) >= 11 is 0. The highest BCUT2D eigenvalue weighted by molar-refractivity contribution is 6.09. The minimum Gasteiger partial charge on any atom is -0.379 e. The summed E-state index contributed by atoms with van der Waals surface area (Å²) < 4.78 is 7.76. The zero-order valence-corrected chi connectivity index (χ0v) is 18.6. The van der Waals surface area contributed by atoms with Gasteiger partial charge < -0.3 is 19.9 Å². The lowest BCUT2D eigenvalue weighted by Crippen LogP contribution is -2.37. The van der Waals surface area contributed by atoms with Crippen LogP contribution in [-0.2, 0) is 11.3 Å². The average Bonchev–Trinajstić information content (AvgIpc) is 3.16. The van der Waals surface area contributed by atoms with Crippen LogP contribution in [0.15, 0.2) is 54.7 Å². The van der Waals surface area contributed by atoms with E-state index in [1.807, 2.05) is 6.07 Å². The number of aromatic nitrogens is 3. The molecule has 0 amide bonds. The number of nitrogens with zero attached hydrogens (tertiary/aromatic N) is 4. The minimum atomic E-state index is 0.653. The van der Waals surface area contributed by atoms with Crippen molar-refractivity contribution in [2.45, 2.75) is 19.9 Å². The van der Waals surface area contributed by atoms with E-state index in [9.17, 15) is 0 Å². The van der Waals surface area contributed by atoms with Gasteiger partial charge in [-0.2, -0.15) is 4.98 Å². The number of para-hydroxylation sites is 1. The van der Waals surface area contributed by atoms with Gasteiger partial charge in [-0.25, -0.2) is 4.98 Å². The lowest BCUT2D eigenvalue weighted by atomic mass is 10.1. The first-order valence-corrected chi connectivity index (χ1v) is 11.5. The summed E-state index contributed by atoms with van der Waals surface area (Å²) in [6.07, 6.45) is 2.85. The molecule has 7 nitrogen and oxygen atoms in total. The van der Waals surface area contributed by atoms with Gasteiger partial charge in [-0.1, -0.05) is 18.2 Å². The van der Waals surface area contributed by atoms with E-state index in [1.54, 1.807) is 6.20 Å². The van der Waals surface area contributed by atoms with E-state index in [2.05, 4.69) is 79.5 Å². The van der Waals surface area contributed by atoms with Crippen molar-refractivity contribution < 1.29 is 4.74 Å². The Hall–Kier alpha value is -3.16. The summed E-state index contributed by atoms with van der Waals surface area (Å²) in [7, 11) is 0. The predicted molar refractivity (Wildman–Crippen MR) is 131 cm³/mol. The molecule has 0 aliphatic carbocycles. The molecule has 0 atom stereocenters. The molecule has 166 valence electrons. The molecule has 1 aliphatic heterocycles. The summed E-state index contributed by atoms with van der Waals surface area (Å²) in [4.78, 5) is 11.5. The molecule has 7 heteroatoms. The Kier molecular flexibility index (Phi) is 6.18. The molecule has 1 fully saturated rings. The third-order valence-electron chi connectivity index (χ3n) is 6.05. The number of aryl methyl sites for hydroxylation is 1. The predicted octanol–water partition coefficient (Wildman–Crippen LogP) is 4.48. The fraction of sp³-hybridized carbons (Fsp3) is 0.360. The van der Waals surface area contributed by atoms with Crippen molar-refractivity contribution in [1.29, 1.82) is 0 Å². The van der Waals surface area contributed by atoms with Gasteiger partial charge in [-0.3, -0.25) is 4.90 Å². The monoisotopic (exact) mass is 430 g/mol. The van der Waals surface area contributed by atoms with Crippen molar-refractivity contribution in [2.24, 2.45) is 0 Å². The summed E-state index contributed by atoms with van der Waals surface area (Å²) in [5.41, 5.74) is 3.55. The van der Waals surface area contributed by atoms with Crippen molar-refractivity contribution in [3.63, 3.8) is 0 Å². The van der Waals surface area contributed by atoms with Gasteiger partial charge in [0.1, 0.15) is 5.82 Å². The van der Waals surface area contributed by atoms with E-state index >= 15 is 0 Å². The lowest BCUT2D eigenvalue weighted by molar-refractivity contribution is 0.0378. The smallest absolute Gasteiger partial charge is 0.224 e. The Bertz CT molecular complexity index is 1200. The standard InChI is InChI=1S/C25H30N6O/c1-2-31-22-7-4-3-6-20(22)21-18-19(8-9-23(21)31)28-24-10-12-27-25(29-24)26-11-5-13-30-14-16-32-17-15-30/h3-4,6-10,12,18H,2,5,11,13-17H2,1H3,(H2,26,27,28,29). The molecule has 1 saturated heterocycles. The van der Waals surface area contributed by atoms with Crippen LogP contribution in [0.4, 0.5) is 17.5 Å². The second-order valence-electron chi connectivity index (χ2n) is 8.12. The van der Waals surface area contributed by atoms with E-state index in [1.165, 1.54) is 21.8 Å². The highest BCUT2D eigenvalue weighted by atomic mass is 16.5. The molecule has 2 aromatic carbocycles. The quantitative estimate of drug-likeness (QED) is 0.402. The van der Waals surface area contributed by atoms with Gasteiger partial charge in [0.05, 0.1) is 13.2 Å². The molecule has 0 unspecified atom stereocenters. The molecule has 5 rings (SSSR count). The molecule has 2 aromatic heterocycles. The second kappa shape index (κ2) is 9.54. The Balaban J connectivity index is 1.26. The highest BCUT2D eigenvalue weighted by Crippen LogP contribution is 2.31. The molecule has 32 heavy (non-hydrogen) atoms. The van der Waals surface area contributed by atoms with Crippen LogP contribution in [0.25, 0.3) is 21.8 Å². The van der Waals surface area contributed by atoms with Gasteiger partial charge in [0.25, 0.3) is 0 Å². The first-order valence-electron chi connectivity index (χ1n) is 11.5. The van der Waals surface area contributed by atoms with Gasteiger partial charge >= 0.3 is 0 Å². The molecule has 0 radical (unpaired) electrons. The molecule has 3 heterocycles. The maximum Gasteiger partial charge on any atom is 0.224 e. The minimum absolute atomic E-state index is 0.653. The zero-order valence-electron chi connectivity index (χ0n) is 18.6. The number of nitrogens with one attached hydrogen (secondary N) is 2. The number of anilines is 3. The third kappa shape index (κ3) is 4.40. The van der Waals surface area contributed by atoms with Crippen LogP contribution in [0.5, 0.6) is 0 Å². The molecule has 0 bridgehead atoms. The Morgan fingerprint density at radius 2 is 1.84 bits per heavy atom. The van der Waals surface area contributed by atoms with Crippen molar-refractivity contribution in [3.8, 4) is 0 Å². The van der Waals surface area contributed by atoms with Crippen molar-refractivity contribution in [2.75, 3.05) is 50.0 Å². The summed E-state index contributed by atoms with van der Waals surface area (Å²) in [5, 5.41) is 9.33. The summed E-state index contributed by atoms with van der Waals surface area (Å²) in [6, 6.07) is 17.0. The van der Waals surface area contributed by atoms with Gasteiger partial charge in [0.2, 0.25) is 5.95 Å². The van der Waals surface area contributed by atoms with Crippen molar-refractivity contribution in [1.82, 2.24) is 19.4 Å². The Labute approximate surface area is 188 Å². The molecule has 2 N–H and O–H groups in total. The van der Waals surface area contributed by atoms with Crippen LogP contribution in [0, 0.1) is 0 Å². The lowest BCUT2D eigenvalue weighted by Gasteiger charge is -2.26. The van der Waals surface area contributed by atoms with Crippen molar-refractivity contribution in [3.05, 3.63) is 54.7 Å². The zero-order chi connectivity index (χ0) is 21.8. The SMILES string of the molecule is CCn1c2ccccc2c2cc(Nc3ccnc(NCCCN4CCOCC4)n3)ccc21. The van der Waals surface area contributed by atoms with E-state index in [4.69, 9.17) is 4.74 Å². The molecule has 0 saturated carbocycles. The van der Waals surface area contributed by atoms with Crippen LogP contribution < -0.4 is 10.6 Å². The van der Waals surface area contributed by atoms with Crippen LogP contribution in [0.1, 0.15) is 13.3 Å². The van der Waals surface area contributed by atoms with Gasteiger partial charge in [-0.05, 0) is 50.2 Å². The number of benzene rings is 2. The molecular formula is C25H30N6O. The summed E-state index contributed by atoms with van der Waals surface area (Å²) in [5.74, 6) is 1.44. The largest absolute Gasteiger partial charge is 0.379 e. The Morgan fingerprint density at radius 3 is 2.72 bits per heavy atom. The van der Waals surface area contributed by atoms with E-state index in [0.717, 1.165) is 63.9 Å². The van der Waals surface area contributed by atoms with Gasteiger partial charge in [0.15, 0.2) is 0 Å². The van der Waals surface area contributed by atoms with Gasteiger partial charge in [-0.15, -0.1) is 0 Å². The van der Waals surface area contributed by atoms with Crippen LogP contribution in [-0.4, -0.2) is 58.8 Å². The number of morpholine rings is 1. The normalized spacial score (nSPS) is 14.8. The van der Waals surface area contributed by atoms with E-state index in [0.29, 0.717) is 5.95 Å². The van der Waals surface area contributed by atoms with Crippen LogP contribution in [0.2, 0.25) is 0 Å². The second-order valence-corrected chi connectivity index (χ2v) is 8.12.